The minimum absolute atomic E-state index is 0.0200. The SMILES string of the molecule is Cc1cccc(CC(NC(=O)c2ccc(NC(=O)CCCCCNC(=O)OCC3c4ccccc4-c4ccccc43)cc2F)C(=O)N[C@@H](COCc2ccccc2)C(=O)COC(=O)c2c(C)cccc2C)c1. The van der Waals surface area contributed by atoms with Gasteiger partial charge in [0.2, 0.25) is 11.8 Å². The van der Waals surface area contributed by atoms with Crippen LogP contribution >= 0.6 is 0 Å². The van der Waals surface area contributed by atoms with E-state index >= 15 is 4.39 Å². The zero-order valence-corrected chi connectivity index (χ0v) is 40.6. The lowest BCUT2D eigenvalue weighted by Crippen LogP contribution is -2.54. The second-order valence-corrected chi connectivity index (χ2v) is 17.9. The Morgan fingerprint density at radius 3 is 2.01 bits per heavy atom. The zero-order chi connectivity index (χ0) is 51.0. The van der Waals surface area contributed by atoms with Crippen LogP contribution in [0.2, 0.25) is 0 Å². The number of rotatable bonds is 23. The van der Waals surface area contributed by atoms with Crippen molar-refractivity contribution in [3.05, 3.63) is 195 Å². The summed E-state index contributed by atoms with van der Waals surface area (Å²) in [6.45, 7) is 5.15. The fourth-order valence-corrected chi connectivity index (χ4v) is 8.75. The number of carbonyl (C=O) groups is 6. The first-order chi connectivity index (χ1) is 34.8. The summed E-state index contributed by atoms with van der Waals surface area (Å²) in [5, 5.41) is 10.8. The number of nitrogens with one attached hydrogen (secondary N) is 4. The number of carbonyl (C=O) groups excluding carboxylic acids is 6. The number of unbranched alkanes of at least 4 members (excludes halogenated alkanes) is 2. The van der Waals surface area contributed by atoms with Crippen molar-refractivity contribution in [1.82, 2.24) is 16.0 Å². The van der Waals surface area contributed by atoms with Crippen molar-refractivity contribution in [2.75, 3.05) is 31.7 Å². The molecule has 4 amide bonds. The van der Waals surface area contributed by atoms with E-state index in [-0.39, 0.29) is 55.7 Å². The summed E-state index contributed by atoms with van der Waals surface area (Å²) in [7, 11) is 0. The molecule has 13 nitrogen and oxygen atoms in total. The van der Waals surface area contributed by atoms with Crippen LogP contribution in [0.25, 0.3) is 11.1 Å². The van der Waals surface area contributed by atoms with Crippen LogP contribution in [-0.4, -0.2) is 74.0 Å². The molecule has 0 fully saturated rings. The van der Waals surface area contributed by atoms with Crippen molar-refractivity contribution in [3.8, 4) is 11.1 Å². The van der Waals surface area contributed by atoms with Crippen molar-refractivity contribution in [2.45, 2.75) is 77.5 Å². The molecule has 372 valence electrons. The highest BCUT2D eigenvalue weighted by Crippen LogP contribution is 2.44. The van der Waals surface area contributed by atoms with Gasteiger partial charge in [0.05, 0.1) is 24.3 Å². The molecule has 6 aromatic rings. The van der Waals surface area contributed by atoms with E-state index in [1.54, 1.807) is 38.1 Å². The zero-order valence-electron chi connectivity index (χ0n) is 40.6. The molecule has 0 aliphatic heterocycles. The predicted octanol–water partition coefficient (Wildman–Crippen LogP) is 9.26. The monoisotopic (exact) mass is 974 g/mol. The standard InChI is InChI=1S/C58H59FN4O9/c1-37-16-14-21-41(30-37)31-50(56(67)63-51(35-70-33-40-19-6-4-7-20-40)52(64)36-71-57(68)54-38(2)17-15-18-39(54)3)62-55(66)47-28-27-42(32-49(47)59)61-53(65)26-8-5-13-29-60-58(69)72-34-48-45-24-11-9-22-43(45)44-23-10-12-25-46(44)48/h4,6-7,9-12,14-25,27-28,30,32,48,50-51H,5,8,13,26,29,31,33-36H2,1-3H3,(H,60,69)(H,61,65)(H,62,66)(H,63,67)/t50?,51-/m0/s1. The van der Waals surface area contributed by atoms with E-state index in [2.05, 4.69) is 45.5 Å². The Kier molecular flexibility index (Phi) is 18.2. The van der Waals surface area contributed by atoms with Gasteiger partial charge in [-0.25, -0.2) is 14.0 Å². The number of amides is 4. The lowest BCUT2D eigenvalue weighted by atomic mass is 9.98. The molecule has 7 rings (SSSR count). The van der Waals surface area contributed by atoms with Crippen molar-refractivity contribution in [3.63, 3.8) is 0 Å². The summed E-state index contributed by atoms with van der Waals surface area (Å²) in [6.07, 6.45) is 1.37. The maximum atomic E-state index is 15.7. The topological polar surface area (TPSA) is 178 Å². The van der Waals surface area contributed by atoms with Gasteiger partial charge >= 0.3 is 12.1 Å². The van der Waals surface area contributed by atoms with Gasteiger partial charge in [0, 0.05) is 31.0 Å². The van der Waals surface area contributed by atoms with Crippen molar-refractivity contribution in [2.24, 2.45) is 0 Å². The Bertz CT molecular complexity index is 2840. The third-order valence-corrected chi connectivity index (χ3v) is 12.5. The van der Waals surface area contributed by atoms with Gasteiger partial charge in [0.1, 0.15) is 24.5 Å². The number of anilines is 1. The molecule has 1 aliphatic carbocycles. The third-order valence-electron chi connectivity index (χ3n) is 12.5. The summed E-state index contributed by atoms with van der Waals surface area (Å²) in [5.74, 6) is -4.35. The van der Waals surface area contributed by atoms with E-state index in [0.29, 0.717) is 48.1 Å². The van der Waals surface area contributed by atoms with Crippen molar-refractivity contribution in [1.29, 1.82) is 0 Å². The van der Waals surface area contributed by atoms with Crippen LogP contribution in [0.4, 0.5) is 14.9 Å². The molecule has 4 N–H and O–H groups in total. The highest BCUT2D eigenvalue weighted by atomic mass is 19.1. The van der Waals surface area contributed by atoms with E-state index in [0.717, 1.165) is 39.4 Å². The molecule has 0 radical (unpaired) electrons. The summed E-state index contributed by atoms with van der Waals surface area (Å²) >= 11 is 0. The number of halogens is 1. The molecule has 0 saturated heterocycles. The van der Waals surface area contributed by atoms with Gasteiger partial charge in [-0.15, -0.1) is 0 Å². The number of ether oxygens (including phenoxy) is 3. The average Bonchev–Trinajstić information content (AvgIpc) is 3.69. The number of hydrogen-bond acceptors (Lipinski definition) is 9. The van der Waals surface area contributed by atoms with Crippen LogP contribution in [0.5, 0.6) is 0 Å². The number of Topliss-reactive ketones (excluding diaryl/α,β-unsaturated/α-hetero) is 1. The second-order valence-electron chi connectivity index (χ2n) is 17.9. The highest BCUT2D eigenvalue weighted by molar-refractivity contribution is 6.00. The molecule has 14 heteroatoms. The maximum Gasteiger partial charge on any atom is 0.407 e. The average molecular weight is 975 g/mol. The van der Waals surface area contributed by atoms with Crippen LogP contribution in [0.15, 0.2) is 140 Å². The molecule has 0 saturated carbocycles. The number of fused-ring (bicyclic) bond motifs is 3. The quantitative estimate of drug-likeness (QED) is 0.0360. The molecule has 1 unspecified atom stereocenters. The lowest BCUT2D eigenvalue weighted by molar-refractivity contribution is -0.132. The van der Waals surface area contributed by atoms with Crippen molar-refractivity contribution >= 4 is 41.3 Å². The fourth-order valence-electron chi connectivity index (χ4n) is 8.75. The van der Waals surface area contributed by atoms with Gasteiger partial charge in [-0.3, -0.25) is 19.2 Å². The number of aryl methyl sites for hydroxylation is 3. The van der Waals surface area contributed by atoms with E-state index in [4.69, 9.17) is 14.2 Å². The van der Waals surface area contributed by atoms with E-state index in [1.165, 1.54) is 12.1 Å². The summed E-state index contributed by atoms with van der Waals surface area (Å²) in [5.41, 5.74) is 8.41. The Labute approximate surface area is 418 Å². The number of hydrogen-bond donors (Lipinski definition) is 4. The number of esters is 1. The normalized spacial score (nSPS) is 12.4. The third kappa shape index (κ3) is 14.1. The van der Waals surface area contributed by atoms with Crippen LogP contribution < -0.4 is 21.3 Å². The Hall–Kier alpha value is -7.97. The van der Waals surface area contributed by atoms with Gasteiger partial charge in [0.25, 0.3) is 5.91 Å². The molecule has 0 spiro atoms. The van der Waals surface area contributed by atoms with Gasteiger partial charge in [-0.05, 0) is 96.3 Å². The second kappa shape index (κ2) is 25.2. The molecule has 0 heterocycles. The predicted molar refractivity (Wildman–Crippen MR) is 272 cm³/mol. The highest BCUT2D eigenvalue weighted by Gasteiger charge is 2.31. The fraction of sp³-hybridized carbons (Fsp3) is 0.276. The van der Waals surface area contributed by atoms with Gasteiger partial charge in [-0.1, -0.05) is 133 Å². The molecule has 0 aromatic heterocycles. The number of benzene rings is 6. The van der Waals surface area contributed by atoms with Crippen LogP contribution in [0, 0.1) is 26.6 Å². The van der Waals surface area contributed by atoms with Crippen LogP contribution in [0.1, 0.15) is 91.3 Å². The Morgan fingerprint density at radius 2 is 1.32 bits per heavy atom. The first-order valence-electron chi connectivity index (χ1n) is 24.1. The molecule has 6 aromatic carbocycles. The summed E-state index contributed by atoms with van der Waals surface area (Å²) in [6, 6.07) is 39.1. The maximum absolute atomic E-state index is 15.7. The van der Waals surface area contributed by atoms with Gasteiger partial charge < -0.3 is 35.5 Å². The number of ketones is 1. The first-order valence-corrected chi connectivity index (χ1v) is 24.1. The largest absolute Gasteiger partial charge is 0.454 e. The van der Waals surface area contributed by atoms with Crippen molar-refractivity contribution < 1.29 is 47.4 Å². The first kappa shape index (κ1) is 51.9. The lowest BCUT2D eigenvalue weighted by Gasteiger charge is -2.23. The van der Waals surface area contributed by atoms with Crippen LogP contribution in [0.3, 0.4) is 0 Å². The van der Waals surface area contributed by atoms with E-state index in [1.807, 2.05) is 79.7 Å². The Balaban J connectivity index is 0.905. The van der Waals surface area contributed by atoms with E-state index in [9.17, 15) is 28.8 Å². The molecule has 0 bridgehead atoms. The van der Waals surface area contributed by atoms with Gasteiger partial charge in [-0.2, -0.15) is 0 Å². The summed E-state index contributed by atoms with van der Waals surface area (Å²) in [4.78, 5) is 80.1. The smallest absolute Gasteiger partial charge is 0.407 e. The minimum Gasteiger partial charge on any atom is -0.454 e. The van der Waals surface area contributed by atoms with Crippen LogP contribution in [-0.2, 0) is 41.6 Å². The molecule has 1 aliphatic rings. The van der Waals surface area contributed by atoms with E-state index < -0.39 is 54.2 Å². The molecular weight excluding hydrogens is 916 g/mol. The molecule has 2 atom stereocenters. The number of alkyl carbamates (subject to hydrolysis) is 1. The summed E-state index contributed by atoms with van der Waals surface area (Å²) < 4.78 is 32.6. The molecule has 72 heavy (non-hydrogen) atoms. The minimum atomic E-state index is -1.30. The van der Waals surface area contributed by atoms with Gasteiger partial charge in [0.15, 0.2) is 12.4 Å². The Morgan fingerprint density at radius 1 is 0.653 bits per heavy atom. The molecular formula is C58H59FN4O9.